The molecular weight excluding hydrogens is 334 g/mol. The summed E-state index contributed by atoms with van der Waals surface area (Å²) in [6, 6.07) is 0.416. The van der Waals surface area contributed by atoms with Crippen molar-refractivity contribution in [2.24, 2.45) is 0 Å². The summed E-state index contributed by atoms with van der Waals surface area (Å²) in [7, 11) is 0. The molecule has 3 rings (SSSR count). The zero-order valence-corrected chi connectivity index (χ0v) is 14.9. The molecule has 2 aromatic heterocycles. The highest BCUT2D eigenvalue weighted by Gasteiger charge is 2.23. The Morgan fingerprint density at radius 1 is 1.39 bits per heavy atom. The third-order valence-electron chi connectivity index (χ3n) is 4.08. The molecular formula is C16H20ClN3O2S. The number of fused-ring (bicyclic) bond motifs is 1. The maximum Gasteiger partial charge on any atom is 0.348 e. The van der Waals surface area contributed by atoms with Crippen LogP contribution >= 0.6 is 22.9 Å². The van der Waals surface area contributed by atoms with Gasteiger partial charge in [-0.05, 0) is 43.4 Å². The van der Waals surface area contributed by atoms with Crippen molar-refractivity contribution in [2.45, 2.75) is 52.0 Å². The topological polar surface area (TPSA) is 64.1 Å². The summed E-state index contributed by atoms with van der Waals surface area (Å²) in [5.41, 5.74) is 0.864. The third-order valence-corrected chi connectivity index (χ3v) is 5.42. The molecule has 1 fully saturated rings. The number of nitrogens with zero attached hydrogens (tertiary/aromatic N) is 2. The summed E-state index contributed by atoms with van der Waals surface area (Å²) in [4.78, 5) is 22.2. The average Bonchev–Trinajstić information content (AvgIpc) is 3.13. The molecule has 7 heteroatoms. The van der Waals surface area contributed by atoms with E-state index in [0.717, 1.165) is 40.9 Å². The van der Waals surface area contributed by atoms with E-state index in [1.165, 1.54) is 24.2 Å². The fraction of sp³-hybridized carbons (Fsp3) is 0.562. The Kier molecular flexibility index (Phi) is 5.02. The van der Waals surface area contributed by atoms with Crippen LogP contribution in [0.3, 0.4) is 0 Å². The number of hydrogen-bond donors (Lipinski definition) is 1. The van der Waals surface area contributed by atoms with E-state index in [4.69, 9.17) is 16.3 Å². The molecule has 0 unspecified atom stereocenters. The first kappa shape index (κ1) is 16.5. The highest BCUT2D eigenvalue weighted by Crippen LogP contribution is 2.36. The molecule has 0 aromatic carbocycles. The molecule has 1 aliphatic carbocycles. The average molecular weight is 354 g/mol. The number of rotatable bonds is 5. The predicted molar refractivity (Wildman–Crippen MR) is 93.6 cm³/mol. The monoisotopic (exact) mass is 353 g/mol. The van der Waals surface area contributed by atoms with Gasteiger partial charge in [0.15, 0.2) is 0 Å². The molecule has 0 atom stereocenters. The van der Waals surface area contributed by atoms with E-state index in [1.807, 2.05) is 13.8 Å². The fourth-order valence-electron chi connectivity index (χ4n) is 2.94. The number of aryl methyl sites for hydroxylation is 1. The first-order valence-corrected chi connectivity index (χ1v) is 9.20. The lowest BCUT2D eigenvalue weighted by atomic mass is 10.2. The lowest BCUT2D eigenvalue weighted by Crippen LogP contribution is -2.16. The van der Waals surface area contributed by atoms with Crippen LogP contribution < -0.4 is 5.32 Å². The zero-order valence-electron chi connectivity index (χ0n) is 13.3. The predicted octanol–water partition coefficient (Wildman–Crippen LogP) is 4.57. The number of esters is 1. The first-order chi connectivity index (χ1) is 11.1. The number of carbonyl (C=O) groups is 1. The van der Waals surface area contributed by atoms with E-state index < -0.39 is 0 Å². The SMILES string of the molecule is CCCOC(=O)c1sc2nc(Cl)nc(NC3CCCC3)c2c1C. The minimum absolute atomic E-state index is 0.202. The van der Waals surface area contributed by atoms with Gasteiger partial charge < -0.3 is 10.1 Å². The quantitative estimate of drug-likeness (QED) is 0.629. The Labute approximate surface area is 144 Å². The Morgan fingerprint density at radius 2 is 2.13 bits per heavy atom. The van der Waals surface area contributed by atoms with E-state index >= 15 is 0 Å². The fourth-order valence-corrected chi connectivity index (χ4v) is 4.23. The van der Waals surface area contributed by atoms with E-state index in [-0.39, 0.29) is 11.3 Å². The molecule has 0 spiro atoms. The number of halogens is 1. The van der Waals surface area contributed by atoms with Gasteiger partial charge in [-0.15, -0.1) is 11.3 Å². The number of nitrogens with one attached hydrogen (secondary N) is 1. The van der Waals surface area contributed by atoms with Crippen molar-refractivity contribution in [1.29, 1.82) is 0 Å². The van der Waals surface area contributed by atoms with Crippen LogP contribution in [0.2, 0.25) is 5.28 Å². The van der Waals surface area contributed by atoms with Crippen molar-refractivity contribution in [3.63, 3.8) is 0 Å². The molecule has 0 radical (unpaired) electrons. The molecule has 1 aliphatic rings. The molecule has 0 aliphatic heterocycles. The van der Waals surface area contributed by atoms with E-state index in [2.05, 4.69) is 15.3 Å². The van der Waals surface area contributed by atoms with Gasteiger partial charge in [0.05, 0.1) is 12.0 Å². The van der Waals surface area contributed by atoms with Gasteiger partial charge in [0, 0.05) is 6.04 Å². The normalized spacial score (nSPS) is 15.3. The maximum absolute atomic E-state index is 12.2. The number of aromatic nitrogens is 2. The van der Waals surface area contributed by atoms with Crippen LogP contribution in [-0.4, -0.2) is 28.6 Å². The number of carbonyl (C=O) groups excluding carboxylic acids is 1. The van der Waals surface area contributed by atoms with Crippen LogP contribution in [0.15, 0.2) is 0 Å². The van der Waals surface area contributed by atoms with Crippen molar-refractivity contribution < 1.29 is 9.53 Å². The van der Waals surface area contributed by atoms with Crippen molar-refractivity contribution >= 4 is 44.9 Å². The minimum Gasteiger partial charge on any atom is -0.462 e. The second-order valence-corrected chi connectivity index (χ2v) is 7.18. The van der Waals surface area contributed by atoms with Crippen molar-refractivity contribution in [2.75, 3.05) is 11.9 Å². The van der Waals surface area contributed by atoms with Gasteiger partial charge in [0.2, 0.25) is 5.28 Å². The van der Waals surface area contributed by atoms with E-state index in [1.54, 1.807) is 0 Å². The van der Waals surface area contributed by atoms with Crippen LogP contribution in [0.5, 0.6) is 0 Å². The van der Waals surface area contributed by atoms with Gasteiger partial charge in [-0.1, -0.05) is 19.8 Å². The first-order valence-electron chi connectivity index (χ1n) is 8.00. The number of hydrogen-bond acceptors (Lipinski definition) is 6. The summed E-state index contributed by atoms with van der Waals surface area (Å²) in [5.74, 6) is 0.436. The Balaban J connectivity index is 1.99. The number of thiophene rings is 1. The molecule has 1 saturated carbocycles. The van der Waals surface area contributed by atoms with Gasteiger partial charge in [0.25, 0.3) is 0 Å². The number of anilines is 1. The van der Waals surface area contributed by atoms with Crippen molar-refractivity contribution in [1.82, 2.24) is 9.97 Å². The summed E-state index contributed by atoms with van der Waals surface area (Å²) in [5, 5.41) is 4.57. The molecule has 2 heterocycles. The number of ether oxygens (including phenoxy) is 1. The maximum atomic E-state index is 12.2. The standard InChI is InChI=1S/C16H20ClN3O2S/c1-3-8-22-15(21)12-9(2)11-13(18-10-6-4-5-7-10)19-16(17)20-14(11)23-12/h10H,3-8H2,1-2H3,(H,18,19,20). The van der Waals surface area contributed by atoms with Gasteiger partial charge in [-0.25, -0.2) is 14.8 Å². The summed E-state index contributed by atoms with van der Waals surface area (Å²) in [6.45, 7) is 4.31. The van der Waals surface area contributed by atoms with Crippen LogP contribution in [0.1, 0.15) is 54.3 Å². The zero-order chi connectivity index (χ0) is 16.4. The second kappa shape index (κ2) is 7.01. The Bertz CT molecular complexity index is 726. The lowest BCUT2D eigenvalue weighted by Gasteiger charge is -2.14. The third kappa shape index (κ3) is 3.43. The largest absolute Gasteiger partial charge is 0.462 e. The molecule has 23 heavy (non-hydrogen) atoms. The molecule has 124 valence electrons. The lowest BCUT2D eigenvalue weighted by molar-refractivity contribution is 0.0510. The van der Waals surface area contributed by atoms with Gasteiger partial charge >= 0.3 is 5.97 Å². The highest BCUT2D eigenvalue weighted by molar-refractivity contribution is 7.20. The molecule has 0 amide bonds. The summed E-state index contributed by atoms with van der Waals surface area (Å²) in [6.07, 6.45) is 5.54. The summed E-state index contributed by atoms with van der Waals surface area (Å²) < 4.78 is 5.26. The van der Waals surface area contributed by atoms with Crippen LogP contribution in [-0.2, 0) is 4.74 Å². The molecule has 2 aromatic rings. The molecule has 5 nitrogen and oxygen atoms in total. The Hall–Kier alpha value is -1.40. The van der Waals surface area contributed by atoms with Gasteiger partial charge in [-0.3, -0.25) is 0 Å². The highest BCUT2D eigenvalue weighted by atomic mass is 35.5. The van der Waals surface area contributed by atoms with Crippen molar-refractivity contribution in [3.8, 4) is 0 Å². The van der Waals surface area contributed by atoms with Crippen LogP contribution in [0.25, 0.3) is 10.2 Å². The van der Waals surface area contributed by atoms with E-state index in [0.29, 0.717) is 17.5 Å². The minimum atomic E-state index is -0.296. The Morgan fingerprint density at radius 3 is 2.83 bits per heavy atom. The molecule has 0 bridgehead atoms. The van der Waals surface area contributed by atoms with Gasteiger partial charge in [0.1, 0.15) is 15.5 Å². The van der Waals surface area contributed by atoms with Crippen molar-refractivity contribution in [3.05, 3.63) is 15.7 Å². The smallest absolute Gasteiger partial charge is 0.348 e. The van der Waals surface area contributed by atoms with Gasteiger partial charge in [-0.2, -0.15) is 0 Å². The second-order valence-electron chi connectivity index (χ2n) is 5.84. The van der Waals surface area contributed by atoms with Crippen LogP contribution in [0.4, 0.5) is 5.82 Å². The molecule has 0 saturated heterocycles. The summed E-state index contributed by atoms with van der Waals surface area (Å²) >= 11 is 7.38. The van der Waals surface area contributed by atoms with E-state index in [9.17, 15) is 4.79 Å². The van der Waals surface area contributed by atoms with Crippen LogP contribution in [0, 0.1) is 6.92 Å². The molecule has 1 N–H and O–H groups in total.